The highest BCUT2D eigenvalue weighted by molar-refractivity contribution is 7.11. The van der Waals surface area contributed by atoms with E-state index in [4.69, 9.17) is 5.73 Å². The van der Waals surface area contributed by atoms with Gasteiger partial charge in [-0.25, -0.2) is 4.98 Å². The first-order valence-electron chi connectivity index (χ1n) is 5.85. The quantitative estimate of drug-likeness (QED) is 0.919. The highest BCUT2D eigenvalue weighted by Gasteiger charge is 2.39. The van der Waals surface area contributed by atoms with Crippen molar-refractivity contribution in [2.75, 3.05) is 0 Å². The molecule has 1 unspecified atom stereocenters. The van der Waals surface area contributed by atoms with Gasteiger partial charge in [-0.1, -0.05) is 24.3 Å². The first-order valence-corrected chi connectivity index (χ1v) is 6.67. The number of fused-ring (bicyclic) bond motifs is 1. The molecular weight excluding hydrogens is 273 g/mol. The van der Waals surface area contributed by atoms with Crippen molar-refractivity contribution in [1.29, 1.82) is 0 Å². The number of hydrogen-bond acceptors (Lipinski definition) is 3. The highest BCUT2D eigenvalue weighted by atomic mass is 32.1. The van der Waals surface area contributed by atoms with E-state index in [9.17, 15) is 13.2 Å². The van der Waals surface area contributed by atoms with Gasteiger partial charge in [0.25, 0.3) is 0 Å². The zero-order valence-electron chi connectivity index (χ0n) is 9.87. The van der Waals surface area contributed by atoms with E-state index in [0.29, 0.717) is 5.01 Å². The normalized spacial score (nSPS) is 18.0. The van der Waals surface area contributed by atoms with Crippen molar-refractivity contribution in [1.82, 2.24) is 4.98 Å². The first kappa shape index (κ1) is 12.6. The number of benzene rings is 1. The SMILES string of the molecule is NCc1sc(C2Cc3ccccc32)nc1C(F)(F)F. The van der Waals surface area contributed by atoms with Crippen molar-refractivity contribution in [2.45, 2.75) is 25.1 Å². The predicted octanol–water partition coefficient (Wildman–Crippen LogP) is 3.31. The minimum Gasteiger partial charge on any atom is -0.326 e. The molecule has 0 aliphatic heterocycles. The minimum absolute atomic E-state index is 0.0115. The topological polar surface area (TPSA) is 38.9 Å². The van der Waals surface area contributed by atoms with Crippen LogP contribution in [0.3, 0.4) is 0 Å². The molecule has 0 radical (unpaired) electrons. The van der Waals surface area contributed by atoms with Crippen LogP contribution in [-0.2, 0) is 19.1 Å². The number of thiazole rings is 1. The van der Waals surface area contributed by atoms with Gasteiger partial charge in [0.2, 0.25) is 0 Å². The van der Waals surface area contributed by atoms with Crippen molar-refractivity contribution in [2.24, 2.45) is 5.73 Å². The number of halogens is 3. The molecule has 6 heteroatoms. The second-order valence-corrected chi connectivity index (χ2v) is 5.60. The van der Waals surface area contributed by atoms with Gasteiger partial charge in [0, 0.05) is 12.5 Å². The van der Waals surface area contributed by atoms with Crippen LogP contribution in [0.2, 0.25) is 0 Å². The fourth-order valence-corrected chi connectivity index (χ4v) is 3.44. The summed E-state index contributed by atoms with van der Waals surface area (Å²) in [5.74, 6) is -0.0115. The number of alkyl halides is 3. The summed E-state index contributed by atoms with van der Waals surface area (Å²) in [6.07, 6.45) is -3.67. The standard InChI is InChI=1S/C13H11F3N2S/c14-13(15,16)11-10(6-17)19-12(18-11)9-5-7-3-1-2-4-8(7)9/h1-4,9H,5-6,17H2. The van der Waals surface area contributed by atoms with Crippen LogP contribution < -0.4 is 5.73 Å². The Labute approximate surface area is 112 Å². The lowest BCUT2D eigenvalue weighted by Crippen LogP contribution is -2.18. The Morgan fingerprint density at radius 2 is 2.05 bits per heavy atom. The van der Waals surface area contributed by atoms with Gasteiger partial charge in [0.1, 0.15) is 5.01 Å². The Kier molecular flexibility index (Phi) is 2.87. The summed E-state index contributed by atoms with van der Waals surface area (Å²) in [6.45, 7) is -0.124. The summed E-state index contributed by atoms with van der Waals surface area (Å²) in [5.41, 5.74) is 6.83. The molecule has 0 saturated carbocycles. The van der Waals surface area contributed by atoms with Crippen molar-refractivity contribution in [3.05, 3.63) is 51.0 Å². The van der Waals surface area contributed by atoms with E-state index in [2.05, 4.69) is 4.98 Å². The summed E-state index contributed by atoms with van der Waals surface area (Å²) >= 11 is 1.08. The van der Waals surface area contributed by atoms with Crippen LogP contribution in [0.1, 0.15) is 32.6 Å². The van der Waals surface area contributed by atoms with Crippen LogP contribution in [-0.4, -0.2) is 4.98 Å². The summed E-state index contributed by atoms with van der Waals surface area (Å²) < 4.78 is 38.5. The average molecular weight is 284 g/mol. The Morgan fingerprint density at radius 3 is 2.63 bits per heavy atom. The van der Waals surface area contributed by atoms with Crippen LogP contribution in [0.5, 0.6) is 0 Å². The van der Waals surface area contributed by atoms with Crippen molar-refractivity contribution >= 4 is 11.3 Å². The van der Waals surface area contributed by atoms with Crippen LogP contribution in [0.25, 0.3) is 0 Å². The average Bonchev–Trinajstić information content (AvgIpc) is 2.74. The zero-order chi connectivity index (χ0) is 13.6. The lowest BCUT2D eigenvalue weighted by molar-refractivity contribution is -0.141. The maximum atomic E-state index is 12.8. The summed E-state index contributed by atoms with van der Waals surface area (Å²) in [4.78, 5) is 3.90. The van der Waals surface area contributed by atoms with Crippen molar-refractivity contribution in [3.63, 3.8) is 0 Å². The molecule has 3 rings (SSSR count). The fraction of sp³-hybridized carbons (Fsp3) is 0.308. The number of rotatable bonds is 2. The molecular formula is C13H11F3N2S. The molecule has 0 spiro atoms. The second-order valence-electron chi connectivity index (χ2n) is 4.48. The molecule has 1 aliphatic rings. The Hall–Kier alpha value is -1.40. The molecule has 0 fully saturated rings. The largest absolute Gasteiger partial charge is 0.434 e. The monoisotopic (exact) mass is 284 g/mol. The molecule has 1 aromatic carbocycles. The lowest BCUT2D eigenvalue weighted by Gasteiger charge is -2.28. The molecule has 1 aliphatic carbocycles. The van der Waals surface area contributed by atoms with Gasteiger partial charge in [-0.15, -0.1) is 11.3 Å². The lowest BCUT2D eigenvalue weighted by atomic mass is 9.78. The summed E-state index contributed by atoms with van der Waals surface area (Å²) in [5, 5.41) is 0.520. The van der Waals surface area contributed by atoms with Crippen LogP contribution in [0.15, 0.2) is 24.3 Å². The summed E-state index contributed by atoms with van der Waals surface area (Å²) in [7, 11) is 0. The molecule has 1 aromatic heterocycles. The van der Waals surface area contributed by atoms with E-state index in [-0.39, 0.29) is 17.3 Å². The molecule has 100 valence electrons. The number of hydrogen-bond donors (Lipinski definition) is 1. The molecule has 0 amide bonds. The van der Waals surface area contributed by atoms with Crippen molar-refractivity contribution < 1.29 is 13.2 Å². The third kappa shape index (κ3) is 2.04. The van der Waals surface area contributed by atoms with E-state index in [1.54, 1.807) is 0 Å². The first-order chi connectivity index (χ1) is 9.00. The van der Waals surface area contributed by atoms with E-state index in [0.717, 1.165) is 23.3 Å². The van der Waals surface area contributed by atoms with Gasteiger partial charge in [-0.05, 0) is 17.5 Å². The smallest absolute Gasteiger partial charge is 0.326 e. The van der Waals surface area contributed by atoms with Crippen molar-refractivity contribution in [3.8, 4) is 0 Å². The minimum atomic E-state index is -4.42. The summed E-state index contributed by atoms with van der Waals surface area (Å²) in [6, 6.07) is 7.77. The molecule has 1 heterocycles. The highest BCUT2D eigenvalue weighted by Crippen LogP contribution is 2.44. The van der Waals surface area contributed by atoms with E-state index >= 15 is 0 Å². The molecule has 2 nitrogen and oxygen atoms in total. The van der Waals surface area contributed by atoms with Gasteiger partial charge in [0.05, 0.1) is 4.88 Å². The van der Waals surface area contributed by atoms with Crippen LogP contribution >= 0.6 is 11.3 Å². The molecule has 2 aromatic rings. The Morgan fingerprint density at radius 1 is 1.32 bits per heavy atom. The third-order valence-corrected chi connectivity index (χ3v) is 4.51. The number of nitrogens with two attached hydrogens (primary N) is 1. The van der Waals surface area contributed by atoms with Gasteiger partial charge >= 0.3 is 6.18 Å². The zero-order valence-corrected chi connectivity index (χ0v) is 10.7. The van der Waals surface area contributed by atoms with E-state index < -0.39 is 11.9 Å². The van der Waals surface area contributed by atoms with Gasteiger partial charge in [0.15, 0.2) is 5.69 Å². The van der Waals surface area contributed by atoms with E-state index in [1.807, 2.05) is 24.3 Å². The Balaban J connectivity index is 1.98. The molecule has 2 N–H and O–H groups in total. The van der Waals surface area contributed by atoms with Gasteiger partial charge in [-0.3, -0.25) is 0 Å². The molecule has 0 saturated heterocycles. The van der Waals surface area contributed by atoms with Crippen LogP contribution in [0.4, 0.5) is 13.2 Å². The number of aromatic nitrogens is 1. The van der Waals surface area contributed by atoms with Gasteiger partial charge < -0.3 is 5.73 Å². The fourth-order valence-electron chi connectivity index (χ4n) is 2.36. The molecule has 0 bridgehead atoms. The van der Waals surface area contributed by atoms with Gasteiger partial charge in [-0.2, -0.15) is 13.2 Å². The van der Waals surface area contributed by atoms with E-state index in [1.165, 1.54) is 5.56 Å². The van der Waals surface area contributed by atoms with Crippen LogP contribution in [0, 0.1) is 0 Å². The molecule has 19 heavy (non-hydrogen) atoms. The maximum Gasteiger partial charge on any atom is 0.434 e. The maximum absolute atomic E-state index is 12.8. The third-order valence-electron chi connectivity index (χ3n) is 3.32. The molecule has 1 atom stereocenters. The Bertz CT molecular complexity index is 619. The predicted molar refractivity (Wildman–Crippen MR) is 67.0 cm³/mol. The number of nitrogens with zero attached hydrogens (tertiary/aromatic N) is 1. The second kappa shape index (κ2) is 4.31.